The van der Waals surface area contributed by atoms with E-state index in [0.717, 1.165) is 18.8 Å². The van der Waals surface area contributed by atoms with E-state index < -0.39 is 5.97 Å². The van der Waals surface area contributed by atoms with Crippen LogP contribution in [0, 0.1) is 6.92 Å². The lowest BCUT2D eigenvalue weighted by Crippen LogP contribution is -2.54. The fourth-order valence-electron chi connectivity index (χ4n) is 3.51. The Morgan fingerprint density at radius 1 is 1.50 bits per heavy atom. The zero-order valence-electron chi connectivity index (χ0n) is 12.1. The molecule has 2 aliphatic heterocycles. The van der Waals surface area contributed by atoms with E-state index in [0.29, 0.717) is 24.2 Å². The second kappa shape index (κ2) is 5.22. The summed E-state index contributed by atoms with van der Waals surface area (Å²) < 4.78 is 5.48. The lowest BCUT2D eigenvalue weighted by molar-refractivity contribution is 0.0481. The van der Waals surface area contributed by atoms with Crippen molar-refractivity contribution >= 4 is 5.97 Å². The zero-order valence-corrected chi connectivity index (χ0v) is 12.1. The highest BCUT2D eigenvalue weighted by Crippen LogP contribution is 2.26. The van der Waals surface area contributed by atoms with Gasteiger partial charge < -0.3 is 9.52 Å². The molecular formula is C15H22N2O3. The van der Waals surface area contributed by atoms with Crippen molar-refractivity contribution < 1.29 is 14.3 Å². The zero-order chi connectivity index (χ0) is 14.3. The number of aryl methyl sites for hydroxylation is 1. The highest BCUT2D eigenvalue weighted by molar-refractivity contribution is 5.86. The van der Waals surface area contributed by atoms with Crippen LogP contribution in [0.2, 0.25) is 0 Å². The quantitative estimate of drug-likeness (QED) is 0.916. The number of piperazine rings is 1. The van der Waals surface area contributed by atoms with Gasteiger partial charge in [-0.3, -0.25) is 9.80 Å². The van der Waals surface area contributed by atoms with E-state index in [1.54, 1.807) is 6.92 Å². The lowest BCUT2D eigenvalue weighted by Gasteiger charge is -2.41. The molecule has 0 aromatic carbocycles. The van der Waals surface area contributed by atoms with E-state index in [1.165, 1.54) is 19.4 Å². The van der Waals surface area contributed by atoms with Crippen LogP contribution in [0.5, 0.6) is 0 Å². The summed E-state index contributed by atoms with van der Waals surface area (Å²) in [6.45, 7) is 8.13. The van der Waals surface area contributed by atoms with E-state index >= 15 is 0 Å². The van der Waals surface area contributed by atoms with Crippen LogP contribution in [0.25, 0.3) is 0 Å². The predicted octanol–water partition coefficient (Wildman–Crippen LogP) is 1.95. The summed E-state index contributed by atoms with van der Waals surface area (Å²) in [6.07, 6.45) is 2.58. The molecule has 0 amide bonds. The maximum absolute atomic E-state index is 11.0. The molecule has 2 aliphatic rings. The Morgan fingerprint density at radius 3 is 3.00 bits per heavy atom. The Balaban J connectivity index is 1.70. The molecule has 3 rings (SSSR count). The molecule has 0 saturated carbocycles. The van der Waals surface area contributed by atoms with Crippen LogP contribution >= 0.6 is 0 Å². The van der Waals surface area contributed by atoms with Gasteiger partial charge in [0.05, 0.1) is 6.54 Å². The van der Waals surface area contributed by atoms with E-state index in [2.05, 4.69) is 16.7 Å². The number of aromatic carboxylic acids is 1. The van der Waals surface area contributed by atoms with E-state index in [9.17, 15) is 4.79 Å². The maximum Gasteiger partial charge on any atom is 0.372 e. The second-order valence-corrected chi connectivity index (χ2v) is 6.10. The van der Waals surface area contributed by atoms with Crippen molar-refractivity contribution in [2.24, 2.45) is 0 Å². The first-order valence-corrected chi connectivity index (χ1v) is 7.35. The van der Waals surface area contributed by atoms with Gasteiger partial charge in [0.15, 0.2) is 0 Å². The summed E-state index contributed by atoms with van der Waals surface area (Å²) in [6, 6.07) is 3.02. The number of nitrogens with zero attached hydrogens (tertiary/aromatic N) is 2. The van der Waals surface area contributed by atoms with Crippen molar-refractivity contribution in [2.75, 3.05) is 19.6 Å². The fourth-order valence-corrected chi connectivity index (χ4v) is 3.51. The third kappa shape index (κ3) is 2.47. The minimum atomic E-state index is -0.984. The molecule has 1 aromatic heterocycles. The number of carboxylic acid groups (broad SMARTS) is 1. The molecule has 5 heteroatoms. The van der Waals surface area contributed by atoms with Gasteiger partial charge in [0.2, 0.25) is 5.76 Å². The number of carbonyl (C=O) groups is 1. The number of rotatable bonds is 3. The Bertz CT molecular complexity index is 511. The highest BCUT2D eigenvalue weighted by Gasteiger charge is 2.34. The third-order valence-electron chi connectivity index (χ3n) is 4.59. The molecule has 2 unspecified atom stereocenters. The third-order valence-corrected chi connectivity index (χ3v) is 4.59. The Kier molecular flexibility index (Phi) is 3.56. The van der Waals surface area contributed by atoms with Crippen molar-refractivity contribution in [3.8, 4) is 0 Å². The van der Waals surface area contributed by atoms with Crippen molar-refractivity contribution in [1.82, 2.24) is 9.80 Å². The second-order valence-electron chi connectivity index (χ2n) is 6.10. The fraction of sp³-hybridized carbons (Fsp3) is 0.667. The Labute approximate surface area is 119 Å². The first kappa shape index (κ1) is 13.6. The van der Waals surface area contributed by atoms with Crippen LogP contribution in [0.4, 0.5) is 0 Å². The number of furan rings is 1. The van der Waals surface area contributed by atoms with Crippen LogP contribution in [-0.4, -0.2) is 52.6 Å². The minimum absolute atomic E-state index is 0.0761. The lowest BCUT2D eigenvalue weighted by atomic mass is 10.1. The molecule has 20 heavy (non-hydrogen) atoms. The van der Waals surface area contributed by atoms with Crippen LogP contribution in [0.15, 0.2) is 10.5 Å². The van der Waals surface area contributed by atoms with Gasteiger partial charge in [-0.25, -0.2) is 4.79 Å². The molecular weight excluding hydrogens is 256 g/mol. The van der Waals surface area contributed by atoms with Crippen molar-refractivity contribution in [3.63, 3.8) is 0 Å². The van der Waals surface area contributed by atoms with Gasteiger partial charge >= 0.3 is 5.97 Å². The van der Waals surface area contributed by atoms with Crippen LogP contribution < -0.4 is 0 Å². The summed E-state index contributed by atoms with van der Waals surface area (Å²) >= 11 is 0. The van der Waals surface area contributed by atoms with Gasteiger partial charge in [-0.05, 0) is 39.3 Å². The first-order valence-electron chi connectivity index (χ1n) is 7.35. The SMILES string of the molecule is Cc1cc(CN2CC3CCCN3CC2C)oc1C(=O)O. The number of hydrogen-bond donors (Lipinski definition) is 1. The van der Waals surface area contributed by atoms with Crippen LogP contribution in [-0.2, 0) is 6.54 Å². The number of hydrogen-bond acceptors (Lipinski definition) is 4. The Hall–Kier alpha value is -1.33. The van der Waals surface area contributed by atoms with Gasteiger partial charge in [0.1, 0.15) is 5.76 Å². The maximum atomic E-state index is 11.0. The van der Waals surface area contributed by atoms with E-state index in [4.69, 9.17) is 9.52 Å². The molecule has 2 atom stereocenters. The first-order chi connectivity index (χ1) is 9.54. The molecule has 3 heterocycles. The van der Waals surface area contributed by atoms with Gasteiger partial charge in [0, 0.05) is 30.7 Å². The average Bonchev–Trinajstić information content (AvgIpc) is 2.96. The van der Waals surface area contributed by atoms with Crippen molar-refractivity contribution in [3.05, 3.63) is 23.2 Å². The topological polar surface area (TPSA) is 56.9 Å². The molecule has 0 aliphatic carbocycles. The summed E-state index contributed by atoms with van der Waals surface area (Å²) in [5.41, 5.74) is 0.708. The summed E-state index contributed by atoms with van der Waals surface area (Å²) in [5, 5.41) is 9.05. The average molecular weight is 278 g/mol. The van der Waals surface area contributed by atoms with Crippen molar-refractivity contribution in [2.45, 2.75) is 45.3 Å². The molecule has 2 fully saturated rings. The van der Waals surface area contributed by atoms with Gasteiger partial charge in [0.25, 0.3) is 0 Å². The largest absolute Gasteiger partial charge is 0.475 e. The molecule has 110 valence electrons. The molecule has 0 spiro atoms. The van der Waals surface area contributed by atoms with Gasteiger partial charge in [-0.15, -0.1) is 0 Å². The van der Waals surface area contributed by atoms with E-state index in [-0.39, 0.29) is 5.76 Å². The molecule has 2 saturated heterocycles. The minimum Gasteiger partial charge on any atom is -0.475 e. The Morgan fingerprint density at radius 2 is 2.30 bits per heavy atom. The van der Waals surface area contributed by atoms with Crippen LogP contribution in [0.3, 0.4) is 0 Å². The predicted molar refractivity (Wildman–Crippen MR) is 74.9 cm³/mol. The molecule has 5 nitrogen and oxygen atoms in total. The summed E-state index contributed by atoms with van der Waals surface area (Å²) in [5.74, 6) is -0.146. The number of carboxylic acids is 1. The standard InChI is InChI=1S/C15H22N2O3/c1-10-6-13(20-14(10)15(18)19)9-17-8-12-4-3-5-16(12)7-11(17)2/h6,11-12H,3-5,7-9H2,1-2H3,(H,18,19). The number of fused-ring (bicyclic) bond motifs is 1. The highest BCUT2D eigenvalue weighted by atomic mass is 16.4. The molecule has 0 radical (unpaired) electrons. The molecule has 0 bridgehead atoms. The monoisotopic (exact) mass is 278 g/mol. The van der Waals surface area contributed by atoms with Gasteiger partial charge in [-0.2, -0.15) is 0 Å². The normalized spacial score (nSPS) is 27.7. The van der Waals surface area contributed by atoms with Crippen LogP contribution in [0.1, 0.15) is 41.6 Å². The molecule has 1 aromatic rings. The van der Waals surface area contributed by atoms with Crippen molar-refractivity contribution in [1.29, 1.82) is 0 Å². The van der Waals surface area contributed by atoms with Gasteiger partial charge in [-0.1, -0.05) is 0 Å². The smallest absolute Gasteiger partial charge is 0.372 e. The summed E-state index contributed by atoms with van der Waals surface area (Å²) in [4.78, 5) is 16.0. The molecule has 1 N–H and O–H groups in total. The van der Waals surface area contributed by atoms with E-state index in [1.807, 2.05) is 6.07 Å². The summed E-state index contributed by atoms with van der Waals surface area (Å²) in [7, 11) is 0.